The second-order valence-electron chi connectivity index (χ2n) is 5.90. The average Bonchev–Trinajstić information content (AvgIpc) is 2.39. The lowest BCUT2D eigenvalue weighted by Crippen LogP contribution is -2.43. The van der Waals surface area contributed by atoms with Gasteiger partial charge in [0.15, 0.2) is 5.17 Å². The van der Waals surface area contributed by atoms with Crippen LogP contribution in [0, 0.1) is 5.92 Å². The Balaban J connectivity index is 1.57. The molecule has 102 valence electrons. The summed E-state index contributed by atoms with van der Waals surface area (Å²) in [6.45, 7) is 3.06. The quantitative estimate of drug-likeness (QED) is 0.794. The summed E-state index contributed by atoms with van der Waals surface area (Å²) in [6, 6.07) is 1.18. The molecule has 3 aliphatic rings. The van der Waals surface area contributed by atoms with Gasteiger partial charge in [-0.1, -0.05) is 24.6 Å². The summed E-state index contributed by atoms with van der Waals surface area (Å²) in [5.74, 6) is 2.12. The van der Waals surface area contributed by atoms with Crippen molar-refractivity contribution in [1.29, 1.82) is 0 Å². The molecule has 0 bridgehead atoms. The standard InChI is InChI=1S/C14H24N2OS/c1-10-8-12(6-7-17-10)15-14-16-13-5-3-2-4-11(13)9-18-14/h10-13H,2-9H2,1H3,(H,15,16). The lowest BCUT2D eigenvalue weighted by molar-refractivity contribution is 0.0168. The Bertz CT molecular complexity index is 321. The molecule has 2 aliphatic heterocycles. The van der Waals surface area contributed by atoms with Crippen LogP contribution in [-0.4, -0.2) is 35.7 Å². The zero-order valence-corrected chi connectivity index (χ0v) is 12.0. The zero-order chi connectivity index (χ0) is 12.4. The molecule has 0 aromatic rings. The minimum atomic E-state index is 0.396. The first-order valence-electron chi connectivity index (χ1n) is 7.40. The number of hydrogen-bond acceptors (Lipinski definition) is 4. The minimum absolute atomic E-state index is 0.396. The van der Waals surface area contributed by atoms with Crippen molar-refractivity contribution < 1.29 is 4.74 Å². The van der Waals surface area contributed by atoms with Crippen molar-refractivity contribution in [3.8, 4) is 0 Å². The lowest BCUT2D eigenvalue weighted by atomic mass is 9.86. The van der Waals surface area contributed by atoms with Crippen LogP contribution < -0.4 is 5.32 Å². The number of ether oxygens (including phenoxy) is 1. The number of aliphatic imine (C=N–C) groups is 1. The normalized spacial score (nSPS) is 40.8. The minimum Gasteiger partial charge on any atom is -0.378 e. The van der Waals surface area contributed by atoms with Gasteiger partial charge < -0.3 is 10.1 Å². The highest BCUT2D eigenvalue weighted by atomic mass is 32.2. The molecule has 4 atom stereocenters. The summed E-state index contributed by atoms with van der Waals surface area (Å²) in [5.41, 5.74) is 0. The Morgan fingerprint density at radius 2 is 2.17 bits per heavy atom. The number of nitrogens with zero attached hydrogens (tertiary/aromatic N) is 1. The second-order valence-corrected chi connectivity index (χ2v) is 6.91. The molecule has 3 rings (SSSR count). The fourth-order valence-electron chi connectivity index (χ4n) is 3.31. The van der Waals surface area contributed by atoms with E-state index in [0.29, 0.717) is 18.2 Å². The van der Waals surface area contributed by atoms with Crippen LogP contribution >= 0.6 is 11.8 Å². The Hall–Kier alpha value is -0.220. The predicted octanol–water partition coefficient (Wildman–Crippen LogP) is 2.81. The molecule has 0 amide bonds. The topological polar surface area (TPSA) is 33.6 Å². The lowest BCUT2D eigenvalue weighted by Gasteiger charge is -2.35. The van der Waals surface area contributed by atoms with Crippen molar-refractivity contribution in [2.24, 2.45) is 10.9 Å². The number of rotatable bonds is 1. The summed E-state index contributed by atoms with van der Waals surface area (Å²) >= 11 is 1.94. The van der Waals surface area contributed by atoms with E-state index in [-0.39, 0.29) is 0 Å². The molecule has 0 radical (unpaired) electrons. The third-order valence-corrected chi connectivity index (χ3v) is 5.49. The van der Waals surface area contributed by atoms with Gasteiger partial charge in [0.05, 0.1) is 12.1 Å². The van der Waals surface area contributed by atoms with Crippen LogP contribution in [0.4, 0.5) is 0 Å². The van der Waals surface area contributed by atoms with Crippen molar-refractivity contribution in [2.75, 3.05) is 12.4 Å². The molecule has 3 nitrogen and oxygen atoms in total. The average molecular weight is 268 g/mol. The molecule has 4 unspecified atom stereocenters. The van der Waals surface area contributed by atoms with Gasteiger partial charge in [-0.15, -0.1) is 0 Å². The molecular formula is C14H24N2OS. The number of thioether (sulfide) groups is 1. The fourth-order valence-corrected chi connectivity index (χ4v) is 4.53. The van der Waals surface area contributed by atoms with Crippen molar-refractivity contribution in [3.05, 3.63) is 0 Å². The first kappa shape index (κ1) is 12.8. The SMILES string of the molecule is CC1CC(NC2=NC3CCCCC3CS2)CCO1. The Kier molecular flexibility index (Phi) is 4.14. The van der Waals surface area contributed by atoms with Crippen LogP contribution in [0.5, 0.6) is 0 Å². The highest BCUT2D eigenvalue weighted by Crippen LogP contribution is 2.33. The summed E-state index contributed by atoms with van der Waals surface area (Å²) in [6.07, 6.45) is 8.12. The third-order valence-electron chi connectivity index (χ3n) is 4.40. The number of fused-ring (bicyclic) bond motifs is 1. The van der Waals surface area contributed by atoms with Gasteiger partial charge in [-0.3, -0.25) is 4.99 Å². The van der Waals surface area contributed by atoms with Gasteiger partial charge in [0, 0.05) is 18.4 Å². The molecule has 1 aliphatic carbocycles. The van der Waals surface area contributed by atoms with E-state index in [1.54, 1.807) is 0 Å². The van der Waals surface area contributed by atoms with Crippen molar-refractivity contribution in [1.82, 2.24) is 5.32 Å². The van der Waals surface area contributed by atoms with E-state index in [1.807, 2.05) is 11.8 Å². The van der Waals surface area contributed by atoms with E-state index < -0.39 is 0 Å². The van der Waals surface area contributed by atoms with E-state index in [9.17, 15) is 0 Å². The first-order chi connectivity index (χ1) is 8.81. The van der Waals surface area contributed by atoms with Crippen LogP contribution in [0.2, 0.25) is 0 Å². The number of amidine groups is 1. The molecule has 1 N–H and O–H groups in total. The molecule has 18 heavy (non-hydrogen) atoms. The monoisotopic (exact) mass is 268 g/mol. The van der Waals surface area contributed by atoms with E-state index in [2.05, 4.69) is 12.2 Å². The molecule has 0 spiro atoms. The smallest absolute Gasteiger partial charge is 0.157 e. The summed E-state index contributed by atoms with van der Waals surface area (Å²) in [4.78, 5) is 4.95. The van der Waals surface area contributed by atoms with E-state index in [0.717, 1.165) is 25.4 Å². The maximum atomic E-state index is 5.60. The maximum Gasteiger partial charge on any atom is 0.157 e. The van der Waals surface area contributed by atoms with Crippen molar-refractivity contribution >= 4 is 16.9 Å². The molecular weight excluding hydrogens is 244 g/mol. The number of nitrogens with one attached hydrogen (secondary N) is 1. The van der Waals surface area contributed by atoms with Crippen LogP contribution in [0.15, 0.2) is 4.99 Å². The molecule has 0 aromatic heterocycles. The summed E-state index contributed by atoms with van der Waals surface area (Å²) in [5, 5.41) is 4.86. The zero-order valence-electron chi connectivity index (χ0n) is 11.2. The molecule has 2 fully saturated rings. The molecule has 4 heteroatoms. The van der Waals surface area contributed by atoms with Gasteiger partial charge in [-0.25, -0.2) is 0 Å². The van der Waals surface area contributed by atoms with E-state index in [1.165, 1.54) is 36.6 Å². The highest BCUT2D eigenvalue weighted by molar-refractivity contribution is 8.13. The largest absolute Gasteiger partial charge is 0.378 e. The predicted molar refractivity (Wildman–Crippen MR) is 77.2 cm³/mol. The van der Waals surface area contributed by atoms with E-state index >= 15 is 0 Å². The van der Waals surface area contributed by atoms with Gasteiger partial charge in [0.2, 0.25) is 0 Å². The van der Waals surface area contributed by atoms with Gasteiger partial charge in [0.25, 0.3) is 0 Å². The second kappa shape index (κ2) is 5.83. The molecule has 1 saturated carbocycles. The van der Waals surface area contributed by atoms with Gasteiger partial charge >= 0.3 is 0 Å². The highest BCUT2D eigenvalue weighted by Gasteiger charge is 2.30. The van der Waals surface area contributed by atoms with Crippen molar-refractivity contribution in [2.45, 2.75) is 63.6 Å². The molecule has 1 saturated heterocycles. The molecule has 2 heterocycles. The Morgan fingerprint density at radius 3 is 3.06 bits per heavy atom. The van der Waals surface area contributed by atoms with Gasteiger partial charge in [0.1, 0.15) is 0 Å². The van der Waals surface area contributed by atoms with Gasteiger partial charge in [-0.05, 0) is 38.5 Å². The van der Waals surface area contributed by atoms with Crippen LogP contribution in [0.1, 0.15) is 45.4 Å². The third kappa shape index (κ3) is 3.02. The molecule has 0 aromatic carbocycles. The maximum absolute atomic E-state index is 5.60. The van der Waals surface area contributed by atoms with Crippen LogP contribution in [0.25, 0.3) is 0 Å². The summed E-state index contributed by atoms with van der Waals surface area (Å²) < 4.78 is 5.60. The Morgan fingerprint density at radius 1 is 1.28 bits per heavy atom. The van der Waals surface area contributed by atoms with E-state index in [4.69, 9.17) is 9.73 Å². The van der Waals surface area contributed by atoms with Crippen LogP contribution in [-0.2, 0) is 4.74 Å². The Labute approximate surface area is 114 Å². The van der Waals surface area contributed by atoms with Crippen LogP contribution in [0.3, 0.4) is 0 Å². The van der Waals surface area contributed by atoms with Crippen molar-refractivity contribution in [3.63, 3.8) is 0 Å². The first-order valence-corrected chi connectivity index (χ1v) is 8.38. The van der Waals surface area contributed by atoms with Gasteiger partial charge in [-0.2, -0.15) is 0 Å². The fraction of sp³-hybridized carbons (Fsp3) is 0.929. The number of hydrogen-bond donors (Lipinski definition) is 1. The summed E-state index contributed by atoms with van der Waals surface area (Å²) in [7, 11) is 0.